The summed E-state index contributed by atoms with van der Waals surface area (Å²) in [6.07, 6.45) is 0. The topological polar surface area (TPSA) is 85.9 Å². The number of hydrogen-bond donors (Lipinski definition) is 2. The third-order valence-electron chi connectivity index (χ3n) is 3.69. The fraction of sp³-hybridized carbons (Fsp3) is 0.263. The van der Waals surface area contributed by atoms with Gasteiger partial charge in [0.25, 0.3) is 5.91 Å². The Balaban J connectivity index is 1.49. The molecule has 1 aliphatic rings. The zero-order chi connectivity index (χ0) is 18.4. The molecule has 1 atom stereocenters. The lowest BCUT2D eigenvalue weighted by atomic mass is 10.2. The Morgan fingerprint density at radius 3 is 2.58 bits per heavy atom. The summed E-state index contributed by atoms with van der Waals surface area (Å²) < 4.78 is 16.3. The molecule has 3 rings (SSSR count). The monoisotopic (exact) mass is 356 g/mol. The molecule has 0 saturated carbocycles. The van der Waals surface area contributed by atoms with Crippen LogP contribution < -0.4 is 24.8 Å². The summed E-state index contributed by atoms with van der Waals surface area (Å²) >= 11 is 0. The van der Waals surface area contributed by atoms with Gasteiger partial charge in [0.1, 0.15) is 25.0 Å². The molecule has 1 aliphatic heterocycles. The van der Waals surface area contributed by atoms with Crippen molar-refractivity contribution in [3.63, 3.8) is 0 Å². The van der Waals surface area contributed by atoms with Crippen LogP contribution in [0.4, 0.5) is 5.69 Å². The maximum absolute atomic E-state index is 12.3. The van der Waals surface area contributed by atoms with Crippen molar-refractivity contribution < 1.29 is 23.8 Å². The summed E-state index contributed by atoms with van der Waals surface area (Å²) in [5.41, 5.74) is 0.570. The Morgan fingerprint density at radius 2 is 1.81 bits per heavy atom. The second kappa shape index (κ2) is 8.24. The lowest BCUT2D eigenvalue weighted by Gasteiger charge is -2.19. The second-order valence-electron chi connectivity index (χ2n) is 5.74. The molecule has 2 N–H and O–H groups in total. The van der Waals surface area contributed by atoms with Crippen molar-refractivity contribution in [2.24, 2.45) is 0 Å². The fourth-order valence-corrected chi connectivity index (χ4v) is 2.39. The molecule has 26 heavy (non-hydrogen) atoms. The van der Waals surface area contributed by atoms with Crippen molar-refractivity contribution >= 4 is 17.5 Å². The lowest BCUT2D eigenvalue weighted by Crippen LogP contribution is -2.43. The minimum absolute atomic E-state index is 0.161. The maximum atomic E-state index is 12.3. The van der Waals surface area contributed by atoms with E-state index in [1.54, 1.807) is 37.3 Å². The van der Waals surface area contributed by atoms with Gasteiger partial charge in [-0.3, -0.25) is 9.59 Å². The van der Waals surface area contributed by atoms with E-state index in [0.29, 0.717) is 36.1 Å². The Labute approximate surface area is 151 Å². The van der Waals surface area contributed by atoms with Crippen LogP contribution in [0.2, 0.25) is 0 Å². The van der Waals surface area contributed by atoms with Gasteiger partial charge in [-0.15, -0.1) is 0 Å². The molecule has 2 aromatic rings. The minimum Gasteiger partial charge on any atom is -0.486 e. The van der Waals surface area contributed by atoms with Gasteiger partial charge in [0.15, 0.2) is 18.1 Å². The molecule has 7 heteroatoms. The normalized spacial score (nSPS) is 13.4. The molecule has 0 aliphatic carbocycles. The van der Waals surface area contributed by atoms with Crippen LogP contribution in [-0.2, 0) is 9.59 Å². The van der Waals surface area contributed by atoms with Gasteiger partial charge in [0, 0.05) is 11.8 Å². The summed E-state index contributed by atoms with van der Waals surface area (Å²) in [4.78, 5) is 24.2. The summed E-state index contributed by atoms with van der Waals surface area (Å²) in [5, 5.41) is 5.34. The predicted octanol–water partition coefficient (Wildman–Crippen LogP) is 1.98. The summed E-state index contributed by atoms with van der Waals surface area (Å²) in [6, 6.07) is 13.4. The molecule has 0 spiro atoms. The number of anilines is 1. The Bertz CT molecular complexity index is 779. The number of rotatable bonds is 6. The van der Waals surface area contributed by atoms with Gasteiger partial charge in [-0.1, -0.05) is 18.2 Å². The van der Waals surface area contributed by atoms with Crippen molar-refractivity contribution in [3.05, 3.63) is 48.5 Å². The minimum atomic E-state index is -0.713. The molecule has 2 amide bonds. The van der Waals surface area contributed by atoms with Gasteiger partial charge in [-0.05, 0) is 31.2 Å². The smallest absolute Gasteiger partial charge is 0.258 e. The van der Waals surface area contributed by atoms with Crippen LogP contribution in [0.5, 0.6) is 17.2 Å². The highest BCUT2D eigenvalue weighted by molar-refractivity contribution is 5.97. The first-order chi connectivity index (χ1) is 12.6. The van der Waals surface area contributed by atoms with Gasteiger partial charge in [0.2, 0.25) is 5.91 Å². The molecule has 0 saturated heterocycles. The predicted molar refractivity (Wildman–Crippen MR) is 95.6 cm³/mol. The number of para-hydroxylation sites is 1. The molecule has 0 unspecified atom stereocenters. The zero-order valence-corrected chi connectivity index (χ0v) is 14.4. The van der Waals surface area contributed by atoms with Crippen molar-refractivity contribution in [2.75, 3.05) is 25.1 Å². The number of fused-ring (bicyclic) bond motifs is 1. The molecule has 0 aromatic heterocycles. The van der Waals surface area contributed by atoms with Gasteiger partial charge in [-0.25, -0.2) is 0 Å². The van der Waals surface area contributed by atoms with Gasteiger partial charge in [-0.2, -0.15) is 0 Å². The molecular weight excluding hydrogens is 336 g/mol. The van der Waals surface area contributed by atoms with E-state index in [2.05, 4.69) is 10.6 Å². The second-order valence-corrected chi connectivity index (χ2v) is 5.74. The van der Waals surface area contributed by atoms with E-state index >= 15 is 0 Å². The molecule has 7 nitrogen and oxygen atoms in total. The van der Waals surface area contributed by atoms with E-state index in [0.717, 1.165) is 0 Å². The first-order valence-electron chi connectivity index (χ1n) is 8.29. The largest absolute Gasteiger partial charge is 0.486 e. The van der Waals surface area contributed by atoms with Crippen molar-refractivity contribution in [3.8, 4) is 17.2 Å². The molecule has 136 valence electrons. The number of carbonyl (C=O) groups is 2. The molecule has 0 radical (unpaired) electrons. The van der Waals surface area contributed by atoms with Crippen LogP contribution in [0.25, 0.3) is 0 Å². The average Bonchev–Trinajstić information content (AvgIpc) is 2.67. The number of hydrogen-bond acceptors (Lipinski definition) is 5. The van der Waals surface area contributed by atoms with Crippen LogP contribution in [0, 0.1) is 0 Å². The van der Waals surface area contributed by atoms with Crippen molar-refractivity contribution in [2.45, 2.75) is 13.0 Å². The van der Waals surface area contributed by atoms with E-state index < -0.39 is 6.04 Å². The summed E-state index contributed by atoms with van der Waals surface area (Å²) in [7, 11) is 0. The molecule has 2 aromatic carbocycles. The highest BCUT2D eigenvalue weighted by atomic mass is 16.6. The van der Waals surface area contributed by atoms with E-state index in [9.17, 15) is 9.59 Å². The first-order valence-corrected chi connectivity index (χ1v) is 8.29. The zero-order valence-electron chi connectivity index (χ0n) is 14.4. The third-order valence-corrected chi connectivity index (χ3v) is 3.69. The molecule has 0 bridgehead atoms. The van der Waals surface area contributed by atoms with Gasteiger partial charge >= 0.3 is 0 Å². The maximum Gasteiger partial charge on any atom is 0.258 e. The fourth-order valence-electron chi connectivity index (χ4n) is 2.39. The highest BCUT2D eigenvalue weighted by Crippen LogP contribution is 2.32. The SMILES string of the molecule is C[C@H](NC(=O)COc1ccccc1)C(=O)Nc1ccc2c(c1)OCCO2. The van der Waals surface area contributed by atoms with Crippen LogP contribution in [0.1, 0.15) is 6.92 Å². The van der Waals surface area contributed by atoms with Crippen LogP contribution >= 0.6 is 0 Å². The Kier molecular flexibility index (Phi) is 5.58. The summed E-state index contributed by atoms with van der Waals surface area (Å²) in [6.45, 7) is 2.42. The number of nitrogens with one attached hydrogen (secondary N) is 2. The van der Waals surface area contributed by atoms with E-state index in [1.165, 1.54) is 0 Å². The molecule has 1 heterocycles. The number of ether oxygens (including phenoxy) is 3. The highest BCUT2D eigenvalue weighted by Gasteiger charge is 2.18. The van der Waals surface area contributed by atoms with E-state index in [-0.39, 0.29) is 18.4 Å². The standard InChI is InChI=1S/C19H20N2O5/c1-13(20-18(22)12-26-15-5-3-2-4-6-15)19(23)21-14-7-8-16-17(11-14)25-10-9-24-16/h2-8,11,13H,9-10,12H2,1H3,(H,20,22)(H,21,23)/t13-/m0/s1. The lowest BCUT2D eigenvalue weighted by molar-refractivity contribution is -0.127. The Hall–Kier alpha value is -3.22. The summed E-state index contributed by atoms with van der Waals surface area (Å²) in [5.74, 6) is 1.11. The number of benzene rings is 2. The van der Waals surface area contributed by atoms with Gasteiger partial charge in [0.05, 0.1) is 0 Å². The first kappa shape index (κ1) is 17.6. The van der Waals surface area contributed by atoms with Crippen LogP contribution in [0.15, 0.2) is 48.5 Å². The quantitative estimate of drug-likeness (QED) is 0.827. The van der Waals surface area contributed by atoms with E-state index in [4.69, 9.17) is 14.2 Å². The van der Waals surface area contributed by atoms with E-state index in [1.807, 2.05) is 18.2 Å². The molecule has 0 fully saturated rings. The number of carbonyl (C=O) groups excluding carboxylic acids is 2. The van der Waals surface area contributed by atoms with Crippen LogP contribution in [-0.4, -0.2) is 37.7 Å². The number of amides is 2. The van der Waals surface area contributed by atoms with Crippen LogP contribution in [0.3, 0.4) is 0 Å². The van der Waals surface area contributed by atoms with Gasteiger partial charge < -0.3 is 24.8 Å². The van der Waals surface area contributed by atoms with Crippen molar-refractivity contribution in [1.82, 2.24) is 5.32 Å². The molecular formula is C19H20N2O5. The Morgan fingerprint density at radius 1 is 1.08 bits per heavy atom. The van der Waals surface area contributed by atoms with Crippen molar-refractivity contribution in [1.29, 1.82) is 0 Å². The third kappa shape index (κ3) is 4.66. The average molecular weight is 356 g/mol.